The number of hydrogen-bond donors (Lipinski definition) is 2. The fourth-order valence-electron chi connectivity index (χ4n) is 2.83. The lowest BCUT2D eigenvalue weighted by Crippen LogP contribution is -2.39. The van der Waals surface area contributed by atoms with Crippen LogP contribution in [0.1, 0.15) is 16.8 Å². The van der Waals surface area contributed by atoms with Crippen molar-refractivity contribution in [1.29, 1.82) is 0 Å². The van der Waals surface area contributed by atoms with Crippen molar-refractivity contribution in [3.05, 3.63) is 59.9 Å². The molecule has 140 valence electrons. The van der Waals surface area contributed by atoms with Gasteiger partial charge in [0.2, 0.25) is 5.91 Å². The fraction of sp³-hybridized carbons (Fsp3) is 0.211. The molecule has 27 heavy (non-hydrogen) atoms. The lowest BCUT2D eigenvalue weighted by Gasteiger charge is -2.17. The molecular formula is C19H18FN3O4. The fourth-order valence-corrected chi connectivity index (χ4v) is 2.83. The first kappa shape index (κ1) is 18.4. The van der Waals surface area contributed by atoms with E-state index in [1.54, 1.807) is 12.1 Å². The molecule has 1 fully saturated rings. The normalized spacial score (nSPS) is 16.1. The van der Waals surface area contributed by atoms with Crippen LogP contribution in [0.25, 0.3) is 0 Å². The van der Waals surface area contributed by atoms with E-state index in [1.165, 1.54) is 48.4 Å². The standard InChI is InChI=1S/C19H18FN3O4/c1-27-18(25)12-2-6-14(7-3-12)21-19(26)22-15-10-17(24)23(11-15)16-8-4-13(20)5-9-16/h2-9,15H,10-11H2,1H3,(H2,21,22,26). The second-order valence-corrected chi connectivity index (χ2v) is 6.05. The number of nitrogens with one attached hydrogen (secondary N) is 2. The van der Waals surface area contributed by atoms with Crippen molar-refractivity contribution < 1.29 is 23.5 Å². The number of methoxy groups -OCH3 is 1. The Balaban J connectivity index is 1.56. The number of ether oxygens (including phenoxy) is 1. The number of halogens is 1. The van der Waals surface area contributed by atoms with Crippen molar-refractivity contribution in [3.8, 4) is 0 Å². The molecule has 1 saturated heterocycles. The van der Waals surface area contributed by atoms with E-state index in [9.17, 15) is 18.8 Å². The Morgan fingerprint density at radius 1 is 1.11 bits per heavy atom. The summed E-state index contributed by atoms with van der Waals surface area (Å²) in [7, 11) is 1.29. The summed E-state index contributed by atoms with van der Waals surface area (Å²) < 4.78 is 17.6. The van der Waals surface area contributed by atoms with E-state index in [2.05, 4.69) is 15.4 Å². The van der Waals surface area contributed by atoms with Gasteiger partial charge in [0.05, 0.1) is 18.7 Å². The summed E-state index contributed by atoms with van der Waals surface area (Å²) >= 11 is 0. The second kappa shape index (κ2) is 7.86. The lowest BCUT2D eigenvalue weighted by molar-refractivity contribution is -0.117. The molecule has 2 aromatic rings. The highest BCUT2D eigenvalue weighted by molar-refractivity contribution is 5.97. The third-order valence-corrected chi connectivity index (χ3v) is 4.16. The molecule has 0 radical (unpaired) electrons. The molecule has 1 atom stereocenters. The summed E-state index contributed by atoms with van der Waals surface area (Å²) in [5.41, 5.74) is 1.46. The summed E-state index contributed by atoms with van der Waals surface area (Å²) in [5, 5.41) is 5.39. The minimum atomic E-state index is -0.462. The minimum absolute atomic E-state index is 0.144. The lowest BCUT2D eigenvalue weighted by atomic mass is 10.2. The van der Waals surface area contributed by atoms with Crippen LogP contribution < -0.4 is 15.5 Å². The van der Waals surface area contributed by atoms with E-state index in [0.29, 0.717) is 23.5 Å². The van der Waals surface area contributed by atoms with Crippen LogP contribution in [0.4, 0.5) is 20.6 Å². The summed E-state index contributed by atoms with van der Waals surface area (Å²) in [6.45, 7) is 0.305. The number of hydrogen-bond acceptors (Lipinski definition) is 4. The number of carbonyl (C=O) groups is 3. The molecule has 3 rings (SSSR count). The highest BCUT2D eigenvalue weighted by Crippen LogP contribution is 2.22. The van der Waals surface area contributed by atoms with Gasteiger partial charge in [-0.3, -0.25) is 4.79 Å². The van der Waals surface area contributed by atoms with Gasteiger partial charge < -0.3 is 20.3 Å². The molecule has 1 heterocycles. The number of anilines is 2. The number of amides is 3. The smallest absolute Gasteiger partial charge is 0.337 e. The van der Waals surface area contributed by atoms with Crippen LogP contribution in [0.2, 0.25) is 0 Å². The van der Waals surface area contributed by atoms with Gasteiger partial charge in [-0.15, -0.1) is 0 Å². The van der Waals surface area contributed by atoms with Gasteiger partial charge in [0.25, 0.3) is 0 Å². The first-order valence-electron chi connectivity index (χ1n) is 8.28. The molecule has 0 spiro atoms. The third-order valence-electron chi connectivity index (χ3n) is 4.16. The van der Waals surface area contributed by atoms with Crippen molar-refractivity contribution >= 4 is 29.3 Å². The number of carbonyl (C=O) groups excluding carboxylic acids is 3. The SMILES string of the molecule is COC(=O)c1ccc(NC(=O)NC2CC(=O)N(c3ccc(F)cc3)C2)cc1. The molecule has 1 unspecified atom stereocenters. The van der Waals surface area contributed by atoms with Crippen LogP contribution in [0, 0.1) is 5.82 Å². The first-order chi connectivity index (χ1) is 13.0. The van der Waals surface area contributed by atoms with Gasteiger partial charge in [0.15, 0.2) is 0 Å². The van der Waals surface area contributed by atoms with E-state index >= 15 is 0 Å². The highest BCUT2D eigenvalue weighted by Gasteiger charge is 2.31. The summed E-state index contributed by atoms with van der Waals surface area (Å²) in [4.78, 5) is 37.2. The van der Waals surface area contributed by atoms with Gasteiger partial charge in [-0.25, -0.2) is 14.0 Å². The maximum absolute atomic E-state index is 13.0. The molecular weight excluding hydrogens is 353 g/mol. The summed E-state index contributed by atoms with van der Waals surface area (Å²) in [6.07, 6.45) is 0.159. The monoisotopic (exact) mass is 371 g/mol. The molecule has 1 aliphatic rings. The highest BCUT2D eigenvalue weighted by atomic mass is 19.1. The zero-order valence-corrected chi connectivity index (χ0v) is 14.6. The van der Waals surface area contributed by atoms with Crippen LogP contribution in [0.15, 0.2) is 48.5 Å². The third kappa shape index (κ3) is 4.41. The van der Waals surface area contributed by atoms with E-state index in [1.807, 2.05) is 0 Å². The molecule has 7 nitrogen and oxygen atoms in total. The quantitative estimate of drug-likeness (QED) is 0.809. The molecule has 0 aromatic heterocycles. The maximum Gasteiger partial charge on any atom is 0.337 e. The molecule has 0 saturated carbocycles. The number of urea groups is 1. The van der Waals surface area contributed by atoms with Crippen LogP contribution in [0.3, 0.4) is 0 Å². The predicted octanol–water partition coefficient (Wildman–Crippen LogP) is 2.54. The Labute approximate surface area is 155 Å². The predicted molar refractivity (Wildman–Crippen MR) is 97.1 cm³/mol. The van der Waals surface area contributed by atoms with Crippen LogP contribution in [0.5, 0.6) is 0 Å². The van der Waals surface area contributed by atoms with Crippen LogP contribution >= 0.6 is 0 Å². The number of esters is 1. The molecule has 1 aliphatic heterocycles. The Bertz CT molecular complexity index is 852. The number of benzene rings is 2. The zero-order chi connectivity index (χ0) is 19.4. The largest absolute Gasteiger partial charge is 0.465 e. The van der Waals surface area contributed by atoms with Crippen molar-refractivity contribution in [2.75, 3.05) is 23.9 Å². The molecule has 0 aliphatic carbocycles. The summed E-state index contributed by atoms with van der Waals surface area (Å²) in [6, 6.07) is 11.0. The van der Waals surface area contributed by atoms with E-state index in [0.717, 1.165) is 0 Å². The van der Waals surface area contributed by atoms with Crippen LogP contribution in [-0.4, -0.2) is 37.6 Å². The Morgan fingerprint density at radius 2 is 1.78 bits per heavy atom. The second-order valence-electron chi connectivity index (χ2n) is 6.05. The Hall–Kier alpha value is -3.42. The number of nitrogens with zero attached hydrogens (tertiary/aromatic N) is 1. The van der Waals surface area contributed by atoms with Crippen LogP contribution in [-0.2, 0) is 9.53 Å². The zero-order valence-electron chi connectivity index (χ0n) is 14.6. The topological polar surface area (TPSA) is 87.7 Å². The van der Waals surface area contributed by atoms with Crippen molar-refractivity contribution in [2.24, 2.45) is 0 Å². The Morgan fingerprint density at radius 3 is 2.41 bits per heavy atom. The van der Waals surface area contributed by atoms with Gasteiger partial charge in [0.1, 0.15) is 5.82 Å². The van der Waals surface area contributed by atoms with Gasteiger partial charge in [-0.1, -0.05) is 0 Å². The average molecular weight is 371 g/mol. The maximum atomic E-state index is 13.0. The molecule has 2 aromatic carbocycles. The van der Waals surface area contributed by atoms with Crippen molar-refractivity contribution in [1.82, 2.24) is 5.32 Å². The van der Waals surface area contributed by atoms with Gasteiger partial charge >= 0.3 is 12.0 Å². The van der Waals surface area contributed by atoms with Gasteiger partial charge in [-0.05, 0) is 48.5 Å². The van der Waals surface area contributed by atoms with E-state index in [4.69, 9.17) is 0 Å². The minimum Gasteiger partial charge on any atom is -0.465 e. The molecule has 2 N–H and O–H groups in total. The molecule has 8 heteroatoms. The Kier molecular flexibility index (Phi) is 5.35. The van der Waals surface area contributed by atoms with E-state index in [-0.39, 0.29) is 24.2 Å². The van der Waals surface area contributed by atoms with Gasteiger partial charge in [-0.2, -0.15) is 0 Å². The summed E-state index contributed by atoms with van der Waals surface area (Å²) in [5.74, 6) is -0.983. The average Bonchev–Trinajstić information content (AvgIpc) is 3.02. The van der Waals surface area contributed by atoms with Crippen molar-refractivity contribution in [2.45, 2.75) is 12.5 Å². The van der Waals surface area contributed by atoms with E-state index < -0.39 is 12.0 Å². The van der Waals surface area contributed by atoms with Crippen molar-refractivity contribution in [3.63, 3.8) is 0 Å². The molecule has 3 amide bonds. The number of rotatable bonds is 4. The first-order valence-corrected chi connectivity index (χ1v) is 8.28. The van der Waals surface area contributed by atoms with Gasteiger partial charge in [0, 0.05) is 24.3 Å². The molecule has 0 bridgehead atoms.